The molecule has 26 heavy (non-hydrogen) atoms. The normalized spacial score (nSPS) is 16.9. The van der Waals surface area contributed by atoms with Gasteiger partial charge in [0, 0.05) is 13.1 Å². The third-order valence-electron chi connectivity index (χ3n) is 4.39. The Labute approximate surface area is 165 Å². The molecule has 4 nitrogen and oxygen atoms in total. The van der Waals surface area contributed by atoms with Gasteiger partial charge in [-0.1, -0.05) is 24.3 Å². The number of rotatable bonds is 4. The first kappa shape index (κ1) is 22.2. The number of piperidine rings is 1. The minimum absolute atomic E-state index is 0. The van der Waals surface area contributed by atoms with E-state index in [1.807, 2.05) is 18.2 Å². The van der Waals surface area contributed by atoms with Crippen molar-refractivity contribution in [3.63, 3.8) is 0 Å². The molecule has 1 heterocycles. The van der Waals surface area contributed by atoms with Gasteiger partial charge in [0.2, 0.25) is 5.91 Å². The summed E-state index contributed by atoms with van der Waals surface area (Å²) in [5, 5.41) is 2.92. The first-order valence-electron chi connectivity index (χ1n) is 8.24. The van der Waals surface area contributed by atoms with Gasteiger partial charge in [-0.25, -0.2) is 4.39 Å². The number of para-hydroxylation sites is 2. The lowest BCUT2D eigenvalue weighted by Crippen LogP contribution is -2.40. The molecule has 0 bridgehead atoms. The predicted molar refractivity (Wildman–Crippen MR) is 108 cm³/mol. The van der Waals surface area contributed by atoms with Crippen LogP contribution in [-0.2, 0) is 11.3 Å². The molecule has 2 aromatic rings. The number of benzene rings is 2. The van der Waals surface area contributed by atoms with E-state index in [4.69, 9.17) is 5.73 Å². The molecule has 7 heteroatoms. The number of amides is 1. The minimum Gasteiger partial charge on any atom is -0.397 e. The van der Waals surface area contributed by atoms with E-state index in [0.717, 1.165) is 24.9 Å². The highest BCUT2D eigenvalue weighted by Gasteiger charge is 2.26. The second-order valence-electron chi connectivity index (χ2n) is 6.28. The molecular formula is C19H24Cl2FN3O. The lowest BCUT2D eigenvalue weighted by Gasteiger charge is -2.32. The van der Waals surface area contributed by atoms with Crippen molar-refractivity contribution in [3.05, 3.63) is 59.9 Å². The van der Waals surface area contributed by atoms with Gasteiger partial charge in [0.05, 0.1) is 17.3 Å². The molecule has 0 spiro atoms. The van der Waals surface area contributed by atoms with Crippen LogP contribution >= 0.6 is 24.8 Å². The van der Waals surface area contributed by atoms with E-state index in [1.54, 1.807) is 24.3 Å². The summed E-state index contributed by atoms with van der Waals surface area (Å²) < 4.78 is 13.3. The Balaban J connectivity index is 0.00000169. The van der Waals surface area contributed by atoms with Crippen LogP contribution in [0.3, 0.4) is 0 Å². The smallest absolute Gasteiger partial charge is 0.228 e. The van der Waals surface area contributed by atoms with Crippen LogP contribution in [0.2, 0.25) is 0 Å². The SMILES string of the molecule is Cl.Cl.Nc1ccccc1NC(=O)C1CCCN(Cc2cccc(F)c2)C1. The van der Waals surface area contributed by atoms with Crippen LogP contribution < -0.4 is 11.1 Å². The molecular weight excluding hydrogens is 376 g/mol. The summed E-state index contributed by atoms with van der Waals surface area (Å²) in [7, 11) is 0. The summed E-state index contributed by atoms with van der Waals surface area (Å²) in [5.41, 5.74) is 8.04. The Morgan fingerprint density at radius 1 is 1.19 bits per heavy atom. The van der Waals surface area contributed by atoms with Crippen molar-refractivity contribution in [2.24, 2.45) is 5.92 Å². The number of nitrogen functional groups attached to an aromatic ring is 1. The van der Waals surface area contributed by atoms with E-state index in [-0.39, 0.29) is 42.5 Å². The van der Waals surface area contributed by atoms with Crippen molar-refractivity contribution < 1.29 is 9.18 Å². The summed E-state index contributed by atoms with van der Waals surface area (Å²) in [6, 6.07) is 13.9. The lowest BCUT2D eigenvalue weighted by atomic mass is 9.96. The molecule has 142 valence electrons. The van der Waals surface area contributed by atoms with E-state index in [9.17, 15) is 9.18 Å². The zero-order valence-corrected chi connectivity index (χ0v) is 16.0. The number of carbonyl (C=O) groups excluding carboxylic acids is 1. The van der Waals surface area contributed by atoms with E-state index in [2.05, 4.69) is 10.2 Å². The maximum absolute atomic E-state index is 13.3. The number of nitrogens with two attached hydrogens (primary N) is 1. The van der Waals surface area contributed by atoms with Gasteiger partial charge in [-0.05, 0) is 49.2 Å². The summed E-state index contributed by atoms with van der Waals surface area (Å²) in [5.74, 6) is -0.304. The van der Waals surface area contributed by atoms with Crippen LogP contribution in [-0.4, -0.2) is 23.9 Å². The zero-order chi connectivity index (χ0) is 16.9. The van der Waals surface area contributed by atoms with E-state index in [0.29, 0.717) is 24.5 Å². The van der Waals surface area contributed by atoms with Gasteiger partial charge in [-0.2, -0.15) is 0 Å². The van der Waals surface area contributed by atoms with Crippen LogP contribution in [0.25, 0.3) is 0 Å². The zero-order valence-electron chi connectivity index (χ0n) is 14.4. The second-order valence-corrected chi connectivity index (χ2v) is 6.28. The maximum Gasteiger partial charge on any atom is 0.228 e. The highest BCUT2D eigenvalue weighted by Crippen LogP contribution is 2.23. The summed E-state index contributed by atoms with van der Waals surface area (Å²) >= 11 is 0. The molecule has 2 aromatic carbocycles. The molecule has 0 radical (unpaired) electrons. The number of likely N-dealkylation sites (tertiary alicyclic amines) is 1. The Morgan fingerprint density at radius 2 is 1.96 bits per heavy atom. The average molecular weight is 400 g/mol. The molecule has 0 aliphatic carbocycles. The Morgan fingerprint density at radius 3 is 2.69 bits per heavy atom. The predicted octanol–water partition coefficient (Wildman–Crippen LogP) is 4.10. The van der Waals surface area contributed by atoms with Gasteiger partial charge < -0.3 is 11.1 Å². The van der Waals surface area contributed by atoms with E-state index >= 15 is 0 Å². The second kappa shape index (κ2) is 10.4. The highest BCUT2D eigenvalue weighted by molar-refractivity contribution is 5.95. The first-order chi connectivity index (χ1) is 11.6. The largest absolute Gasteiger partial charge is 0.397 e. The molecule has 3 rings (SSSR count). The minimum atomic E-state index is -0.224. The molecule has 0 saturated carbocycles. The topological polar surface area (TPSA) is 58.4 Å². The van der Waals surface area contributed by atoms with Crippen molar-refractivity contribution in [1.82, 2.24) is 4.90 Å². The van der Waals surface area contributed by atoms with Crippen molar-refractivity contribution in [2.75, 3.05) is 24.1 Å². The lowest BCUT2D eigenvalue weighted by molar-refractivity contribution is -0.121. The number of hydrogen-bond donors (Lipinski definition) is 2. The molecule has 1 amide bonds. The van der Waals surface area contributed by atoms with Crippen LogP contribution in [0.1, 0.15) is 18.4 Å². The van der Waals surface area contributed by atoms with Crippen molar-refractivity contribution in [3.8, 4) is 0 Å². The molecule has 1 fully saturated rings. The highest BCUT2D eigenvalue weighted by atomic mass is 35.5. The summed E-state index contributed by atoms with van der Waals surface area (Å²) in [6.07, 6.45) is 1.82. The fourth-order valence-electron chi connectivity index (χ4n) is 3.15. The van der Waals surface area contributed by atoms with Gasteiger partial charge in [0.1, 0.15) is 5.82 Å². The quantitative estimate of drug-likeness (QED) is 0.760. The Kier molecular flexibility index (Phi) is 8.85. The molecule has 1 saturated heterocycles. The standard InChI is InChI=1S/C19H22FN3O.2ClH/c20-16-7-3-5-14(11-16)12-23-10-4-6-15(13-23)19(24)22-18-9-2-1-8-17(18)21;;/h1-3,5,7-9,11,15H,4,6,10,12-13,21H2,(H,22,24);2*1H. The molecule has 1 aliphatic heterocycles. The Hall–Kier alpha value is -1.82. The van der Waals surface area contributed by atoms with Crippen molar-refractivity contribution in [2.45, 2.75) is 19.4 Å². The average Bonchev–Trinajstić information content (AvgIpc) is 2.57. The molecule has 1 aliphatic rings. The molecule has 1 atom stereocenters. The van der Waals surface area contributed by atoms with Crippen LogP contribution in [0, 0.1) is 11.7 Å². The monoisotopic (exact) mass is 399 g/mol. The van der Waals surface area contributed by atoms with Crippen LogP contribution in [0.5, 0.6) is 0 Å². The number of nitrogens with zero attached hydrogens (tertiary/aromatic N) is 1. The number of carbonyl (C=O) groups is 1. The number of hydrogen-bond acceptors (Lipinski definition) is 3. The maximum atomic E-state index is 13.3. The van der Waals surface area contributed by atoms with Crippen molar-refractivity contribution in [1.29, 1.82) is 0 Å². The third kappa shape index (κ3) is 5.87. The number of anilines is 2. The Bertz CT molecular complexity index is 729. The van der Waals surface area contributed by atoms with Crippen LogP contribution in [0.15, 0.2) is 48.5 Å². The van der Waals surface area contributed by atoms with E-state index < -0.39 is 0 Å². The first-order valence-corrected chi connectivity index (χ1v) is 8.24. The fraction of sp³-hybridized carbons (Fsp3) is 0.316. The van der Waals surface area contributed by atoms with E-state index in [1.165, 1.54) is 6.07 Å². The number of halogens is 3. The summed E-state index contributed by atoms with van der Waals surface area (Å²) in [4.78, 5) is 14.7. The number of nitrogens with one attached hydrogen (secondary N) is 1. The van der Waals surface area contributed by atoms with Gasteiger partial charge in [0.15, 0.2) is 0 Å². The van der Waals surface area contributed by atoms with Gasteiger partial charge in [0.25, 0.3) is 0 Å². The van der Waals surface area contributed by atoms with Gasteiger partial charge >= 0.3 is 0 Å². The van der Waals surface area contributed by atoms with Crippen LogP contribution in [0.4, 0.5) is 15.8 Å². The van der Waals surface area contributed by atoms with Gasteiger partial charge in [-0.3, -0.25) is 9.69 Å². The third-order valence-corrected chi connectivity index (χ3v) is 4.39. The summed E-state index contributed by atoms with van der Waals surface area (Å²) in [6.45, 7) is 2.26. The van der Waals surface area contributed by atoms with Crippen molar-refractivity contribution >= 4 is 42.1 Å². The molecule has 1 unspecified atom stereocenters. The molecule has 3 N–H and O–H groups in total. The fourth-order valence-corrected chi connectivity index (χ4v) is 3.15. The van der Waals surface area contributed by atoms with Gasteiger partial charge in [-0.15, -0.1) is 24.8 Å². The molecule has 0 aromatic heterocycles.